The van der Waals surface area contributed by atoms with Crippen LogP contribution in [0.2, 0.25) is 0 Å². The Bertz CT molecular complexity index is 978. The fraction of sp³-hybridized carbons (Fsp3) is 0.409. The van der Waals surface area contributed by atoms with E-state index in [1.54, 1.807) is 0 Å². The molecular weight excluding hydrogens is 321 g/mol. The summed E-state index contributed by atoms with van der Waals surface area (Å²) in [6, 6.07) is 14.9. The Hall–Kier alpha value is -1.91. The molecule has 3 aromatic rings. The molecule has 1 aromatic heterocycles. The van der Waals surface area contributed by atoms with Gasteiger partial charge in [0.05, 0.1) is 22.4 Å². The molecule has 26 heavy (non-hydrogen) atoms. The lowest BCUT2D eigenvalue weighted by molar-refractivity contribution is 0.00578. The molecule has 0 saturated carbocycles. The molecule has 3 nitrogen and oxygen atoms in total. The predicted octanol–water partition coefficient (Wildman–Crippen LogP) is 4.81. The highest BCUT2D eigenvalue weighted by Gasteiger charge is 2.51. The maximum Gasteiger partial charge on any atom is 0.494 e. The van der Waals surface area contributed by atoms with Crippen LogP contribution in [0.15, 0.2) is 42.5 Å². The van der Waals surface area contributed by atoms with Gasteiger partial charge >= 0.3 is 7.12 Å². The maximum atomic E-state index is 6.24. The molecule has 2 heterocycles. The van der Waals surface area contributed by atoms with Gasteiger partial charge in [-0.25, -0.2) is 0 Å². The predicted molar refractivity (Wildman–Crippen MR) is 109 cm³/mol. The van der Waals surface area contributed by atoms with Gasteiger partial charge in [0.2, 0.25) is 0 Å². The van der Waals surface area contributed by atoms with Crippen LogP contribution in [0.5, 0.6) is 0 Å². The van der Waals surface area contributed by atoms with Crippen LogP contribution < -0.4 is 5.46 Å². The lowest BCUT2D eigenvalue weighted by Crippen LogP contribution is -2.41. The van der Waals surface area contributed by atoms with Gasteiger partial charge in [-0.1, -0.05) is 50.2 Å². The van der Waals surface area contributed by atoms with E-state index in [-0.39, 0.29) is 18.3 Å². The molecule has 0 bridgehead atoms. The van der Waals surface area contributed by atoms with E-state index in [1.807, 2.05) is 6.07 Å². The average molecular weight is 347 g/mol. The van der Waals surface area contributed by atoms with Crippen LogP contribution in [0.25, 0.3) is 21.7 Å². The Kier molecular flexibility index (Phi) is 3.90. The molecular formula is C22H26BNO2. The van der Waals surface area contributed by atoms with Gasteiger partial charge in [-0.05, 0) is 50.5 Å². The van der Waals surface area contributed by atoms with E-state index in [1.165, 1.54) is 16.2 Å². The van der Waals surface area contributed by atoms with E-state index in [0.29, 0.717) is 5.92 Å². The number of rotatable bonds is 2. The molecule has 0 spiro atoms. The van der Waals surface area contributed by atoms with Gasteiger partial charge < -0.3 is 9.31 Å². The standard InChI is InChI=1S/C22H26BNO2/c1-14(2)20-18-13-15(23-25-21(3,4)22(5,6)26-23)11-12-16(18)17-9-7-8-10-19(17)24-20/h7-14H,1-6H3. The van der Waals surface area contributed by atoms with Gasteiger partial charge in [0.1, 0.15) is 0 Å². The molecule has 0 amide bonds. The number of benzene rings is 2. The molecule has 0 aliphatic carbocycles. The van der Waals surface area contributed by atoms with E-state index >= 15 is 0 Å². The zero-order valence-corrected chi connectivity index (χ0v) is 16.5. The van der Waals surface area contributed by atoms with Crippen molar-refractivity contribution in [1.82, 2.24) is 4.98 Å². The molecule has 1 aliphatic heterocycles. The van der Waals surface area contributed by atoms with Crippen LogP contribution in [-0.4, -0.2) is 23.3 Å². The van der Waals surface area contributed by atoms with Gasteiger partial charge in [-0.3, -0.25) is 4.98 Å². The summed E-state index contributed by atoms with van der Waals surface area (Å²) >= 11 is 0. The summed E-state index contributed by atoms with van der Waals surface area (Å²) in [4.78, 5) is 4.95. The van der Waals surface area contributed by atoms with Crippen LogP contribution in [0.1, 0.15) is 53.2 Å². The summed E-state index contributed by atoms with van der Waals surface area (Å²) in [6.07, 6.45) is 0. The zero-order chi connectivity index (χ0) is 18.7. The summed E-state index contributed by atoms with van der Waals surface area (Å²) in [7, 11) is -0.351. The van der Waals surface area contributed by atoms with Crippen molar-refractivity contribution in [2.75, 3.05) is 0 Å². The molecule has 2 aromatic carbocycles. The Labute approximate surface area is 155 Å². The van der Waals surface area contributed by atoms with Crippen LogP contribution in [0.4, 0.5) is 0 Å². The Morgan fingerprint density at radius 3 is 2.15 bits per heavy atom. The number of para-hydroxylation sites is 1. The van der Waals surface area contributed by atoms with Crippen molar-refractivity contribution in [3.63, 3.8) is 0 Å². The van der Waals surface area contributed by atoms with Gasteiger partial charge in [0.15, 0.2) is 0 Å². The minimum absolute atomic E-state index is 0.338. The summed E-state index contributed by atoms with van der Waals surface area (Å²) in [5, 5.41) is 3.61. The largest absolute Gasteiger partial charge is 0.494 e. The van der Waals surface area contributed by atoms with Crippen molar-refractivity contribution in [1.29, 1.82) is 0 Å². The first-order valence-electron chi connectivity index (χ1n) is 9.37. The molecule has 1 fully saturated rings. The van der Waals surface area contributed by atoms with Gasteiger partial charge in [0, 0.05) is 10.8 Å². The number of nitrogens with zero attached hydrogens (tertiary/aromatic N) is 1. The van der Waals surface area contributed by atoms with E-state index in [0.717, 1.165) is 16.7 Å². The van der Waals surface area contributed by atoms with Crippen molar-refractivity contribution in [3.8, 4) is 0 Å². The second-order valence-electron chi connectivity index (χ2n) is 8.56. The molecule has 1 saturated heterocycles. The topological polar surface area (TPSA) is 31.4 Å². The van der Waals surface area contributed by atoms with Crippen LogP contribution in [-0.2, 0) is 9.31 Å². The number of hydrogen-bond acceptors (Lipinski definition) is 3. The second-order valence-corrected chi connectivity index (χ2v) is 8.56. The normalized spacial score (nSPS) is 19.0. The molecule has 134 valence electrons. The third-order valence-corrected chi connectivity index (χ3v) is 5.83. The third kappa shape index (κ3) is 2.63. The Morgan fingerprint density at radius 1 is 0.846 bits per heavy atom. The average Bonchev–Trinajstić information content (AvgIpc) is 2.81. The Balaban J connectivity index is 1.90. The highest BCUT2D eigenvalue weighted by molar-refractivity contribution is 6.62. The molecule has 0 atom stereocenters. The monoisotopic (exact) mass is 347 g/mol. The molecule has 0 unspecified atom stereocenters. The third-order valence-electron chi connectivity index (χ3n) is 5.83. The minimum Gasteiger partial charge on any atom is -0.399 e. The van der Waals surface area contributed by atoms with Crippen LogP contribution in [0.3, 0.4) is 0 Å². The molecule has 4 heteroatoms. The van der Waals surface area contributed by atoms with Crippen molar-refractivity contribution in [2.45, 2.75) is 58.7 Å². The second kappa shape index (κ2) is 5.80. The first-order valence-corrected chi connectivity index (χ1v) is 9.37. The summed E-state index contributed by atoms with van der Waals surface area (Å²) in [6.45, 7) is 12.7. The number of hydrogen-bond donors (Lipinski definition) is 0. The van der Waals surface area contributed by atoms with E-state index in [2.05, 4.69) is 77.9 Å². The Morgan fingerprint density at radius 2 is 1.50 bits per heavy atom. The SMILES string of the molecule is CC(C)c1nc2ccccc2c2ccc(B3OC(C)(C)C(C)(C)O3)cc12. The van der Waals surface area contributed by atoms with Gasteiger partial charge in [-0.2, -0.15) is 0 Å². The van der Waals surface area contributed by atoms with Crippen molar-refractivity contribution >= 4 is 34.3 Å². The van der Waals surface area contributed by atoms with Crippen molar-refractivity contribution < 1.29 is 9.31 Å². The quantitative estimate of drug-likeness (QED) is 0.492. The fourth-order valence-corrected chi connectivity index (χ4v) is 3.56. The first kappa shape index (κ1) is 17.5. The van der Waals surface area contributed by atoms with Crippen LogP contribution in [0, 0.1) is 0 Å². The summed E-state index contributed by atoms with van der Waals surface area (Å²) < 4.78 is 12.5. The number of fused-ring (bicyclic) bond motifs is 3. The minimum atomic E-state index is -0.351. The maximum absolute atomic E-state index is 6.24. The van der Waals surface area contributed by atoms with Crippen molar-refractivity contribution in [3.05, 3.63) is 48.2 Å². The molecule has 1 aliphatic rings. The van der Waals surface area contributed by atoms with Crippen LogP contribution >= 0.6 is 0 Å². The molecule has 0 N–H and O–H groups in total. The lowest BCUT2D eigenvalue weighted by Gasteiger charge is -2.32. The van der Waals surface area contributed by atoms with Crippen molar-refractivity contribution in [2.24, 2.45) is 0 Å². The number of pyridine rings is 1. The molecule has 4 rings (SSSR count). The summed E-state index contributed by atoms with van der Waals surface area (Å²) in [5.41, 5.74) is 2.55. The van der Waals surface area contributed by atoms with Gasteiger partial charge in [0.25, 0.3) is 0 Å². The highest BCUT2D eigenvalue weighted by Crippen LogP contribution is 2.37. The lowest BCUT2D eigenvalue weighted by atomic mass is 9.77. The zero-order valence-electron chi connectivity index (χ0n) is 16.5. The van der Waals surface area contributed by atoms with E-state index < -0.39 is 0 Å². The first-order chi connectivity index (χ1) is 12.2. The number of aromatic nitrogens is 1. The van der Waals surface area contributed by atoms with Gasteiger partial charge in [-0.15, -0.1) is 0 Å². The smallest absolute Gasteiger partial charge is 0.399 e. The van der Waals surface area contributed by atoms with E-state index in [9.17, 15) is 0 Å². The fourth-order valence-electron chi connectivity index (χ4n) is 3.56. The summed E-state index contributed by atoms with van der Waals surface area (Å²) in [5.74, 6) is 0.343. The highest BCUT2D eigenvalue weighted by atomic mass is 16.7. The molecule has 0 radical (unpaired) electrons. The van der Waals surface area contributed by atoms with E-state index in [4.69, 9.17) is 14.3 Å².